The number of ether oxygens (including phenoxy) is 6. The van der Waals surface area contributed by atoms with Crippen molar-refractivity contribution >= 4 is 121 Å². The first kappa shape index (κ1) is 78.6. The molecule has 3 aliphatic heterocycles. The molecule has 496 valence electrons. The second kappa shape index (κ2) is 29.5. The second-order valence-electron chi connectivity index (χ2n) is 15.7. The molecule has 61 heteroatoms. The van der Waals surface area contributed by atoms with Crippen LogP contribution in [-0.4, -0.2) is 247 Å². The Morgan fingerprint density at radius 3 is 0.977 bits per heavy atom. The van der Waals surface area contributed by atoms with Crippen molar-refractivity contribution in [2.45, 2.75) is 98.7 Å². The van der Waals surface area contributed by atoms with Crippen molar-refractivity contribution in [3.05, 3.63) is 38.9 Å². The van der Waals surface area contributed by atoms with Crippen molar-refractivity contribution < 1.29 is 234 Å². The summed E-state index contributed by atoms with van der Waals surface area (Å²) in [5, 5.41) is 11.0. The van der Waals surface area contributed by atoms with Gasteiger partial charge in [-0.15, -0.1) is 0 Å². The van der Waals surface area contributed by atoms with E-state index in [0.717, 1.165) is 12.1 Å². The third-order valence-electron chi connectivity index (χ3n) is 9.75. The summed E-state index contributed by atoms with van der Waals surface area (Å²) >= 11 is 5.78. The molecule has 0 spiro atoms. The van der Waals surface area contributed by atoms with Gasteiger partial charge in [-0.2, -0.15) is 84.2 Å². The van der Waals surface area contributed by atoms with Crippen LogP contribution in [0, 0.1) is 10.1 Å². The van der Waals surface area contributed by atoms with Crippen molar-refractivity contribution in [2.75, 3.05) is 19.8 Å². The van der Waals surface area contributed by atoms with E-state index in [4.69, 9.17) is 40.0 Å². The molecule has 0 saturated carbocycles. The van der Waals surface area contributed by atoms with E-state index in [9.17, 15) is 140 Å². The Morgan fingerprint density at radius 1 is 0.407 bits per heavy atom. The van der Waals surface area contributed by atoms with Gasteiger partial charge < -0.3 is 28.4 Å². The van der Waals surface area contributed by atoms with Crippen LogP contribution in [0.1, 0.15) is 5.56 Å². The third-order valence-corrected chi connectivity index (χ3v) is 14.6. The summed E-state index contributed by atoms with van der Waals surface area (Å²) in [6.07, 6.45) is -50.6. The largest absolute Gasteiger partial charge is 1.00 e. The molecule has 49 nitrogen and oxygen atoms in total. The third kappa shape index (κ3) is 27.3. The maximum atomic E-state index is 12.6. The predicted molar refractivity (Wildman–Crippen MR) is 246 cm³/mol. The Hall–Kier alpha value is -1.63. The number of nitro benzene ring substituents is 1. The molecule has 0 amide bonds. The minimum atomic E-state index is -6.58. The minimum absolute atomic E-state index is 0. The topological polar surface area (TPSA) is 735 Å². The molecule has 0 unspecified atom stereocenters. The summed E-state index contributed by atoms with van der Waals surface area (Å²) in [6.45, 7) is -7.45. The zero-order valence-electron chi connectivity index (χ0n) is 40.6. The van der Waals surface area contributed by atoms with Crippen LogP contribution in [0.5, 0.6) is 0 Å². The van der Waals surface area contributed by atoms with Crippen molar-refractivity contribution in [3.63, 3.8) is 0 Å². The molecular formula is C25H36ClNNaO48S10+. The normalized spacial score (nSPS) is 29.6. The summed E-state index contributed by atoms with van der Waals surface area (Å²) in [5.74, 6) is 0. The molecule has 4 rings (SSSR count). The van der Waals surface area contributed by atoms with Crippen molar-refractivity contribution in [3.8, 4) is 0 Å². The number of halogens is 1. The molecule has 1 aromatic carbocycles. The van der Waals surface area contributed by atoms with Gasteiger partial charge in [0.15, 0.2) is 37.2 Å². The number of benzene rings is 1. The van der Waals surface area contributed by atoms with E-state index in [2.05, 4.69) is 41.8 Å². The number of hydrogen-bond donors (Lipinski definition) is 10. The molecule has 15 atom stereocenters. The van der Waals surface area contributed by atoms with Gasteiger partial charge in [0.2, 0.25) is 0 Å². The maximum absolute atomic E-state index is 12.6. The molecule has 0 aliphatic carbocycles. The van der Waals surface area contributed by atoms with Crippen molar-refractivity contribution in [2.24, 2.45) is 0 Å². The van der Waals surface area contributed by atoms with E-state index >= 15 is 0 Å². The molecule has 3 aliphatic rings. The van der Waals surface area contributed by atoms with E-state index in [-0.39, 0.29) is 35.1 Å². The molecule has 0 bridgehead atoms. The van der Waals surface area contributed by atoms with Gasteiger partial charge in [-0.05, 0) is 11.6 Å². The van der Waals surface area contributed by atoms with Gasteiger partial charge in [-0.25, -0.2) is 41.8 Å². The fourth-order valence-corrected chi connectivity index (χ4v) is 11.8. The monoisotopic (exact) mass is 1500 g/mol. The summed E-state index contributed by atoms with van der Waals surface area (Å²) < 4.78 is 414. The van der Waals surface area contributed by atoms with Gasteiger partial charge in [0.05, 0.1) is 31.4 Å². The minimum Gasteiger partial charge on any atom is -0.345 e. The fourth-order valence-electron chi connectivity index (χ4n) is 7.19. The van der Waals surface area contributed by atoms with Crippen LogP contribution in [0.2, 0.25) is 5.02 Å². The number of rotatable bonds is 31. The molecule has 10 N–H and O–H groups in total. The molecule has 3 saturated heterocycles. The van der Waals surface area contributed by atoms with E-state index in [1.807, 2.05) is 0 Å². The SMILES string of the molecule is O=[N+]([O-])c1cc(CO[C@@H]2O[C@H](COS(=O)(=O)O)[C@@H](O[C@H]3O[C@H](COS(=O)(=O)O)[C@@H](O[C@H]4O[C@H](COS(=O)(=O)O)[C@@H](OS(=O)(=O)O)[C@H](OS(=O)(=O)O)[C@H]4OS(=O)(=O)O)[C@H](OS(=O)(=O)O)[C@H]3OS(=O)(=O)O)[C@H](OS(=O)(=O)O)[C@H]2OS(=O)(=O)O)ccc1Cl.[Na+]. The van der Waals surface area contributed by atoms with Crippen molar-refractivity contribution in [1.82, 2.24) is 0 Å². The Kier molecular flexibility index (Phi) is 27.0. The van der Waals surface area contributed by atoms with Gasteiger partial charge >= 0.3 is 134 Å². The first-order valence-corrected chi connectivity index (χ1v) is 34.3. The molecule has 3 fully saturated rings. The maximum Gasteiger partial charge on any atom is 1.00 e. The Balaban J connectivity index is 0.0000194. The average molecular weight is 1500 g/mol. The molecule has 3 heterocycles. The zero-order chi connectivity index (χ0) is 65.2. The van der Waals surface area contributed by atoms with E-state index in [0.29, 0.717) is 6.07 Å². The smallest absolute Gasteiger partial charge is 0.345 e. The van der Waals surface area contributed by atoms with Gasteiger partial charge in [0.25, 0.3) is 5.69 Å². The second-order valence-corrected chi connectivity index (χ2v) is 26.8. The first-order valence-electron chi connectivity index (χ1n) is 20.3. The first-order chi connectivity index (χ1) is 38.0. The summed E-state index contributed by atoms with van der Waals surface area (Å²) in [4.78, 5) is 10.5. The van der Waals surface area contributed by atoms with Gasteiger partial charge in [0, 0.05) is 6.07 Å². The van der Waals surface area contributed by atoms with Gasteiger partial charge in [-0.1, -0.05) is 17.7 Å². The standard InChI is InChI=1S/C25H36ClNO48S10.Na/c26-9-2-1-8(3-10(9)27(28)29)4-60-23-20(73-83(51,52)53)17(70-80(42,43)44)14(11(64-23)5-61-76(30,31)32)67-24-21(74-84(54,55)56)18(71-81(45,46)47)15(12(65-24)6-62-77(33,34)35)68-25-22(75-85(57,58)59)19(72-82(48,49)50)16(69-79(39,40)41)13(66-25)7-63-78(36,37)38;/h1-3,11-25H,4-7H2,(H,30,31,32)(H,33,34,35)(H,36,37,38)(H,39,40,41)(H,42,43,44)(H,45,46,47)(H,48,49,50)(H,51,52,53)(H,54,55,56)(H,57,58,59);/q;+1/t11-,12-,13-,14-,15-,16-,17+,18+,19+,20-,21-,22-,23-,24-,25-;/m1./s1. The van der Waals surface area contributed by atoms with Crippen LogP contribution >= 0.6 is 11.6 Å². The van der Waals surface area contributed by atoms with Gasteiger partial charge in [-0.3, -0.25) is 55.6 Å². The van der Waals surface area contributed by atoms with Crippen LogP contribution in [-0.2, 0) is 181 Å². The summed E-state index contributed by atoms with van der Waals surface area (Å²) in [7, 11) is -62.6. The van der Waals surface area contributed by atoms with Crippen LogP contribution in [0.15, 0.2) is 18.2 Å². The fraction of sp³-hybridized carbons (Fsp3) is 0.760. The summed E-state index contributed by atoms with van der Waals surface area (Å²) in [6, 6.07) is 2.44. The molecular weight excluding hydrogens is 1460 g/mol. The van der Waals surface area contributed by atoms with E-state index < -0.39 is 238 Å². The Morgan fingerprint density at radius 2 is 0.674 bits per heavy atom. The van der Waals surface area contributed by atoms with Crippen LogP contribution in [0.4, 0.5) is 5.69 Å². The number of nitrogens with zero attached hydrogens (tertiary/aromatic N) is 1. The van der Waals surface area contributed by atoms with Crippen LogP contribution in [0.25, 0.3) is 0 Å². The summed E-state index contributed by atoms with van der Waals surface area (Å²) in [5.41, 5.74) is -1.26. The molecule has 1 aromatic rings. The quantitative estimate of drug-likeness (QED) is 0.0143. The average Bonchev–Trinajstić information content (AvgIpc) is 0.819. The van der Waals surface area contributed by atoms with Crippen LogP contribution < -0.4 is 29.6 Å². The Bertz CT molecular complexity index is 3760. The zero-order valence-corrected chi connectivity index (χ0v) is 51.5. The van der Waals surface area contributed by atoms with E-state index in [1.54, 1.807) is 0 Å². The number of hydrogen-bond acceptors (Lipinski definition) is 38. The molecule has 86 heavy (non-hydrogen) atoms. The molecule has 0 aromatic heterocycles. The van der Waals surface area contributed by atoms with E-state index in [1.165, 1.54) is 0 Å². The predicted octanol–water partition coefficient (Wildman–Crippen LogP) is -9.51. The van der Waals surface area contributed by atoms with Crippen molar-refractivity contribution in [1.29, 1.82) is 0 Å². The Labute approximate surface area is 509 Å². The van der Waals surface area contributed by atoms with Crippen LogP contribution in [0.3, 0.4) is 0 Å². The van der Waals surface area contributed by atoms with Gasteiger partial charge in [0.1, 0.15) is 60.0 Å². The molecule has 0 radical (unpaired) electrons. The number of nitro groups is 1.